The lowest BCUT2D eigenvalue weighted by atomic mass is 10.2. The van der Waals surface area contributed by atoms with Crippen LogP contribution in [-0.2, 0) is 30.7 Å². The van der Waals surface area contributed by atoms with Crippen LogP contribution < -0.4 is 4.72 Å². The molecule has 0 unspecified atom stereocenters. The van der Waals surface area contributed by atoms with E-state index in [0.717, 1.165) is 16.7 Å². The van der Waals surface area contributed by atoms with Crippen LogP contribution in [0.15, 0.2) is 69.7 Å². The number of benzene rings is 1. The normalized spacial score (nSPS) is 13.1. The number of pyridine rings is 1. The second-order valence-electron chi connectivity index (χ2n) is 4.51. The fourth-order valence-corrected chi connectivity index (χ4v) is 4.02. The Kier molecular flexibility index (Phi) is 5.60. The van der Waals surface area contributed by atoms with Gasteiger partial charge in [0.2, 0.25) is 9.84 Å². The molecule has 0 saturated heterocycles. The molecule has 118 valence electrons. The second-order valence-corrected chi connectivity index (χ2v) is 8.67. The molecule has 0 saturated carbocycles. The molecule has 1 heterocycles. The number of allylic oxidation sites excluding steroid dienone is 1. The van der Waals surface area contributed by atoms with Crippen molar-refractivity contribution in [2.24, 2.45) is 0 Å². The summed E-state index contributed by atoms with van der Waals surface area (Å²) in [6, 6.07) is 11.5. The minimum absolute atomic E-state index is 0.0749. The van der Waals surface area contributed by atoms with Crippen molar-refractivity contribution < 1.29 is 8.42 Å². The number of nitrogens with one attached hydrogen (secondary N) is 1. The smallest absolute Gasteiger partial charge is 0.218 e. The number of aryl methyl sites for hydroxylation is 1. The summed E-state index contributed by atoms with van der Waals surface area (Å²) in [7, 11) is -4.71. The van der Waals surface area contributed by atoms with E-state index in [4.69, 9.17) is 11.2 Å². The fraction of sp³-hybridized carbons (Fsp3) is 0.0667. The van der Waals surface area contributed by atoms with E-state index in [2.05, 4.69) is 9.71 Å². The first-order chi connectivity index (χ1) is 10.9. The Bertz CT molecular complexity index is 884. The number of hydrogen-bond donors (Lipinski definition) is 1. The van der Waals surface area contributed by atoms with E-state index >= 15 is 0 Å². The maximum atomic E-state index is 12.5. The summed E-state index contributed by atoms with van der Waals surface area (Å²) < 4.78 is 27.7. The van der Waals surface area contributed by atoms with Crippen LogP contribution in [0.1, 0.15) is 5.56 Å². The van der Waals surface area contributed by atoms with Gasteiger partial charge in [-0.15, -0.1) is 0 Å². The molecule has 2 aromatic rings. The highest BCUT2D eigenvalue weighted by atomic mass is 32.8. The van der Waals surface area contributed by atoms with Crippen LogP contribution in [0.3, 0.4) is 0 Å². The van der Waals surface area contributed by atoms with Crippen LogP contribution in [0.2, 0.25) is 0 Å². The van der Waals surface area contributed by atoms with Crippen molar-refractivity contribution in [1.29, 1.82) is 5.26 Å². The van der Waals surface area contributed by atoms with E-state index < -0.39 is 19.5 Å². The van der Waals surface area contributed by atoms with Crippen LogP contribution in [0.4, 0.5) is 0 Å². The molecule has 0 amide bonds. The molecule has 1 N–H and O–H groups in total. The maximum absolute atomic E-state index is 12.5. The predicted octanol–water partition coefficient (Wildman–Crippen LogP) is 2.17. The van der Waals surface area contributed by atoms with Gasteiger partial charge in [0.15, 0.2) is 4.91 Å². The van der Waals surface area contributed by atoms with Crippen molar-refractivity contribution in [2.75, 3.05) is 0 Å². The molecule has 1 atom stereocenters. The van der Waals surface area contributed by atoms with Crippen molar-refractivity contribution in [3.05, 3.63) is 65.5 Å². The van der Waals surface area contributed by atoms with Crippen molar-refractivity contribution in [2.45, 2.75) is 16.7 Å². The van der Waals surface area contributed by atoms with Gasteiger partial charge in [0.05, 0.1) is 4.90 Å². The summed E-state index contributed by atoms with van der Waals surface area (Å²) in [4.78, 5) is 4.38. The molecule has 0 bridgehead atoms. The molecule has 2 rings (SSSR count). The number of aromatic nitrogens is 1. The lowest BCUT2D eigenvalue weighted by Gasteiger charge is -2.07. The molecule has 0 aliphatic heterocycles. The maximum Gasteiger partial charge on any atom is 0.218 e. The van der Waals surface area contributed by atoms with Crippen molar-refractivity contribution in [3.8, 4) is 6.07 Å². The van der Waals surface area contributed by atoms with Gasteiger partial charge in [-0.05, 0) is 42.4 Å². The van der Waals surface area contributed by atoms with E-state index in [-0.39, 0.29) is 9.80 Å². The van der Waals surface area contributed by atoms with E-state index in [1.807, 2.05) is 6.92 Å². The summed E-state index contributed by atoms with van der Waals surface area (Å²) in [5.41, 5.74) is 0.939. The fourth-order valence-electron chi connectivity index (χ4n) is 1.65. The van der Waals surface area contributed by atoms with Crippen LogP contribution >= 0.6 is 0 Å². The molecular formula is C15H13N3O2S3. The molecule has 0 fully saturated rings. The zero-order valence-corrected chi connectivity index (χ0v) is 14.6. The van der Waals surface area contributed by atoms with Crippen molar-refractivity contribution in [1.82, 2.24) is 9.71 Å². The quantitative estimate of drug-likeness (QED) is 0.820. The van der Waals surface area contributed by atoms with E-state index in [1.165, 1.54) is 12.1 Å². The lowest BCUT2D eigenvalue weighted by molar-refractivity contribution is 0.603. The Morgan fingerprint density at radius 1 is 1.26 bits per heavy atom. The average Bonchev–Trinajstić information content (AvgIpc) is 2.56. The first-order valence-electron chi connectivity index (χ1n) is 6.45. The predicted molar refractivity (Wildman–Crippen MR) is 92.4 cm³/mol. The van der Waals surface area contributed by atoms with E-state index in [0.29, 0.717) is 0 Å². The molecule has 0 radical (unpaired) electrons. The van der Waals surface area contributed by atoms with E-state index in [9.17, 15) is 13.7 Å². The summed E-state index contributed by atoms with van der Waals surface area (Å²) in [5, 5.41) is 9.18. The SMILES string of the molecule is Cc1ccc(S(=O)(=O)/C(C#N)=C\N[S@@](=S)c2ccncc2)cc1. The number of sulfone groups is 1. The Hall–Kier alpha value is -2.08. The highest BCUT2D eigenvalue weighted by Crippen LogP contribution is 2.19. The second kappa shape index (κ2) is 7.46. The number of nitrogens with zero attached hydrogens (tertiary/aromatic N) is 2. The molecular weight excluding hydrogens is 350 g/mol. The highest BCUT2D eigenvalue weighted by Gasteiger charge is 2.20. The van der Waals surface area contributed by atoms with Gasteiger partial charge in [-0.3, -0.25) is 4.98 Å². The average molecular weight is 363 g/mol. The topological polar surface area (TPSA) is 82.8 Å². The monoisotopic (exact) mass is 363 g/mol. The van der Waals surface area contributed by atoms with Gasteiger partial charge >= 0.3 is 0 Å². The number of rotatable bonds is 5. The van der Waals surface area contributed by atoms with Gasteiger partial charge in [-0.2, -0.15) is 5.26 Å². The summed E-state index contributed by atoms with van der Waals surface area (Å²) in [6.07, 6.45) is 4.36. The standard InChI is InChI=1S/C15H13N3O2S3/c1-12-2-4-14(5-3-12)23(19,20)15(10-16)11-18-22(21)13-6-8-17-9-7-13/h2-9,11,18H,1H3/b15-11-/t22-/m0/s1. The van der Waals surface area contributed by atoms with Crippen LogP contribution in [0.25, 0.3) is 0 Å². The first-order valence-corrected chi connectivity index (χ1v) is 10.1. The Balaban J connectivity index is 2.27. The van der Waals surface area contributed by atoms with Crippen LogP contribution in [0, 0.1) is 18.3 Å². The van der Waals surface area contributed by atoms with Gasteiger partial charge in [0.25, 0.3) is 0 Å². The molecule has 1 aromatic carbocycles. The van der Waals surface area contributed by atoms with Gasteiger partial charge in [-0.1, -0.05) is 17.7 Å². The third kappa shape index (κ3) is 4.22. The zero-order valence-electron chi connectivity index (χ0n) is 12.1. The summed E-state index contributed by atoms with van der Waals surface area (Å²) in [6.45, 7) is 1.86. The van der Waals surface area contributed by atoms with E-state index in [1.54, 1.807) is 42.7 Å². The molecule has 8 heteroatoms. The van der Waals surface area contributed by atoms with Gasteiger partial charge in [0.1, 0.15) is 6.07 Å². The van der Waals surface area contributed by atoms with Crippen LogP contribution in [-0.4, -0.2) is 13.4 Å². The summed E-state index contributed by atoms with van der Waals surface area (Å²) in [5.74, 6) is 0. The van der Waals surface area contributed by atoms with Gasteiger partial charge in [-0.25, -0.2) is 8.42 Å². The molecule has 0 aliphatic carbocycles. The Labute approximate surface area is 142 Å². The largest absolute Gasteiger partial charge is 0.328 e. The van der Waals surface area contributed by atoms with Crippen LogP contribution in [0.5, 0.6) is 0 Å². The third-order valence-electron chi connectivity index (χ3n) is 2.89. The summed E-state index contributed by atoms with van der Waals surface area (Å²) >= 11 is 5.27. The molecule has 0 aliphatic rings. The minimum Gasteiger partial charge on any atom is -0.328 e. The molecule has 23 heavy (non-hydrogen) atoms. The zero-order chi connectivity index (χ0) is 16.9. The van der Waals surface area contributed by atoms with Crippen molar-refractivity contribution in [3.63, 3.8) is 0 Å². The Morgan fingerprint density at radius 2 is 1.87 bits per heavy atom. The highest BCUT2D eigenvalue weighted by molar-refractivity contribution is 8.27. The molecule has 0 spiro atoms. The Morgan fingerprint density at radius 3 is 2.43 bits per heavy atom. The number of hydrogen-bond acceptors (Lipinski definition) is 5. The minimum atomic E-state index is -3.86. The third-order valence-corrected chi connectivity index (χ3v) is 6.47. The molecule has 5 nitrogen and oxygen atoms in total. The lowest BCUT2D eigenvalue weighted by Crippen LogP contribution is -2.13. The first kappa shape index (κ1) is 17.3. The van der Waals surface area contributed by atoms with Gasteiger partial charge in [0, 0.05) is 33.1 Å². The van der Waals surface area contributed by atoms with Gasteiger partial charge < -0.3 is 4.72 Å². The van der Waals surface area contributed by atoms with Crippen molar-refractivity contribution >= 4 is 30.7 Å². The number of nitriles is 1. The molecule has 1 aromatic heterocycles.